The monoisotopic (exact) mass is 350 g/mol. The van der Waals surface area contributed by atoms with Gasteiger partial charge < -0.3 is 9.73 Å². The summed E-state index contributed by atoms with van der Waals surface area (Å²) in [5, 5.41) is 7.70. The van der Waals surface area contributed by atoms with Crippen molar-refractivity contribution in [2.24, 2.45) is 0 Å². The molecule has 2 aromatic heterocycles. The molecule has 1 fully saturated rings. The maximum absolute atomic E-state index is 13.7. The molecule has 126 valence electrons. The number of hydrogen-bond donors (Lipinski definition) is 2. The Morgan fingerprint density at radius 2 is 2.21 bits per heavy atom. The van der Waals surface area contributed by atoms with Crippen LogP contribution in [0.4, 0.5) is 10.2 Å². The van der Waals surface area contributed by atoms with Crippen molar-refractivity contribution in [1.29, 1.82) is 0 Å². The third kappa shape index (κ3) is 2.55. The molecule has 24 heavy (non-hydrogen) atoms. The Morgan fingerprint density at radius 1 is 1.33 bits per heavy atom. The van der Waals surface area contributed by atoms with Crippen LogP contribution in [0.2, 0.25) is 0 Å². The van der Waals surface area contributed by atoms with Crippen molar-refractivity contribution in [3.8, 4) is 0 Å². The van der Waals surface area contributed by atoms with Crippen molar-refractivity contribution < 1.29 is 17.2 Å². The van der Waals surface area contributed by atoms with E-state index in [-0.39, 0.29) is 27.7 Å². The Hall–Kier alpha value is -2.39. The van der Waals surface area contributed by atoms with E-state index in [4.69, 9.17) is 4.42 Å². The molecule has 2 N–H and O–H groups in total. The van der Waals surface area contributed by atoms with Gasteiger partial charge in [0.1, 0.15) is 0 Å². The number of sulfonamides is 1. The summed E-state index contributed by atoms with van der Waals surface area (Å²) in [6.45, 7) is 1.72. The Balaban J connectivity index is 1.65. The van der Waals surface area contributed by atoms with E-state index in [1.165, 1.54) is 18.4 Å². The number of furan rings is 1. The number of nitrogens with zero attached hydrogens (tertiary/aromatic N) is 2. The molecule has 4 rings (SSSR count). The van der Waals surface area contributed by atoms with E-state index >= 15 is 0 Å². The number of anilines is 1. The average Bonchev–Trinajstić information content (AvgIpc) is 3.28. The van der Waals surface area contributed by atoms with E-state index in [9.17, 15) is 12.8 Å². The second-order valence-electron chi connectivity index (χ2n) is 5.64. The predicted molar refractivity (Wildman–Crippen MR) is 85.7 cm³/mol. The summed E-state index contributed by atoms with van der Waals surface area (Å²) in [6.07, 6.45) is 3.95. The molecule has 0 aliphatic carbocycles. The number of benzene rings is 1. The molecule has 3 aromatic rings. The highest BCUT2D eigenvalue weighted by atomic mass is 32.2. The van der Waals surface area contributed by atoms with E-state index in [0.29, 0.717) is 0 Å². The summed E-state index contributed by atoms with van der Waals surface area (Å²) in [6, 6.07) is 5.54. The molecule has 1 atom stereocenters. The topological polar surface area (TPSA) is 89.2 Å². The lowest BCUT2D eigenvalue weighted by atomic mass is 10.2. The predicted octanol–water partition coefficient (Wildman–Crippen LogP) is 2.10. The normalized spacial score (nSPS) is 18.3. The number of rotatable bonds is 4. The number of hydrogen-bond acceptors (Lipinski definition) is 5. The van der Waals surface area contributed by atoms with Crippen LogP contribution in [-0.4, -0.2) is 31.3 Å². The third-order valence-corrected chi connectivity index (χ3v) is 5.49. The molecule has 1 aromatic carbocycles. The van der Waals surface area contributed by atoms with E-state index in [2.05, 4.69) is 15.1 Å². The highest BCUT2D eigenvalue weighted by Crippen LogP contribution is 2.28. The molecule has 1 aliphatic heterocycles. The lowest BCUT2D eigenvalue weighted by molar-refractivity contribution is 0.492. The summed E-state index contributed by atoms with van der Waals surface area (Å²) in [7, 11) is -3.90. The smallest absolute Gasteiger partial charge is 0.263 e. The van der Waals surface area contributed by atoms with Gasteiger partial charge in [-0.1, -0.05) is 0 Å². The zero-order valence-electron chi connectivity index (χ0n) is 12.6. The molecule has 1 unspecified atom stereocenters. The molecule has 0 bridgehead atoms. The SMILES string of the molecule is O=S(=O)(Nc1ccn(C2CCNC2)n1)c1ccc(F)c2occc12. The highest BCUT2D eigenvalue weighted by Gasteiger charge is 2.23. The molecule has 0 radical (unpaired) electrons. The van der Waals surface area contributed by atoms with Crippen LogP contribution < -0.4 is 10.0 Å². The van der Waals surface area contributed by atoms with Gasteiger partial charge in [0.05, 0.1) is 17.2 Å². The lowest BCUT2D eigenvalue weighted by Crippen LogP contribution is -2.16. The van der Waals surface area contributed by atoms with Crippen LogP contribution in [0.3, 0.4) is 0 Å². The second-order valence-corrected chi connectivity index (χ2v) is 7.29. The Labute approximate surface area is 137 Å². The van der Waals surface area contributed by atoms with Gasteiger partial charge in [-0.2, -0.15) is 5.10 Å². The summed E-state index contributed by atoms with van der Waals surface area (Å²) in [5.74, 6) is -0.380. The Bertz CT molecular complexity index is 989. The van der Waals surface area contributed by atoms with Crippen LogP contribution in [0.15, 0.2) is 46.0 Å². The number of halogens is 1. The molecule has 3 heterocycles. The van der Waals surface area contributed by atoms with Crippen LogP contribution in [0, 0.1) is 5.82 Å². The molecule has 1 saturated heterocycles. The van der Waals surface area contributed by atoms with Gasteiger partial charge in [-0.25, -0.2) is 12.8 Å². The van der Waals surface area contributed by atoms with Gasteiger partial charge in [0, 0.05) is 24.2 Å². The maximum Gasteiger partial charge on any atom is 0.263 e. The van der Waals surface area contributed by atoms with Gasteiger partial charge in [-0.15, -0.1) is 0 Å². The van der Waals surface area contributed by atoms with Gasteiger partial charge in [-0.05, 0) is 31.2 Å². The van der Waals surface area contributed by atoms with E-state index in [0.717, 1.165) is 25.6 Å². The zero-order valence-corrected chi connectivity index (χ0v) is 13.4. The van der Waals surface area contributed by atoms with Gasteiger partial charge in [-0.3, -0.25) is 9.40 Å². The molecular formula is C15H15FN4O3S. The van der Waals surface area contributed by atoms with Crippen molar-refractivity contribution >= 4 is 26.8 Å². The van der Waals surface area contributed by atoms with Crippen molar-refractivity contribution in [3.63, 3.8) is 0 Å². The molecule has 0 spiro atoms. The van der Waals surface area contributed by atoms with Crippen LogP contribution in [0.25, 0.3) is 11.0 Å². The summed E-state index contributed by atoms with van der Waals surface area (Å²) < 4.78 is 48.1. The first-order valence-corrected chi connectivity index (χ1v) is 8.97. The molecule has 9 heteroatoms. The first-order valence-electron chi connectivity index (χ1n) is 7.49. The van der Waals surface area contributed by atoms with E-state index < -0.39 is 15.8 Å². The number of nitrogens with one attached hydrogen (secondary N) is 2. The lowest BCUT2D eigenvalue weighted by Gasteiger charge is -2.09. The van der Waals surface area contributed by atoms with Crippen LogP contribution in [0.1, 0.15) is 12.5 Å². The quantitative estimate of drug-likeness (QED) is 0.752. The van der Waals surface area contributed by atoms with Gasteiger partial charge in [0.15, 0.2) is 17.2 Å². The minimum Gasteiger partial charge on any atom is -0.461 e. The molecule has 1 aliphatic rings. The Morgan fingerprint density at radius 3 is 3.00 bits per heavy atom. The molecule has 0 saturated carbocycles. The largest absolute Gasteiger partial charge is 0.461 e. The fraction of sp³-hybridized carbons (Fsp3) is 0.267. The number of fused-ring (bicyclic) bond motifs is 1. The highest BCUT2D eigenvalue weighted by molar-refractivity contribution is 7.93. The molecule has 0 amide bonds. The van der Waals surface area contributed by atoms with E-state index in [1.54, 1.807) is 16.9 Å². The average molecular weight is 350 g/mol. The van der Waals surface area contributed by atoms with Crippen molar-refractivity contribution in [1.82, 2.24) is 15.1 Å². The van der Waals surface area contributed by atoms with Crippen molar-refractivity contribution in [2.75, 3.05) is 17.8 Å². The standard InChI is InChI=1S/C15H15FN4O3S/c16-12-1-2-13(11-5-8-23-15(11)12)24(21,22)19-14-4-7-20(18-14)10-3-6-17-9-10/h1-2,4-5,7-8,10,17H,3,6,9H2,(H,18,19). The first-order chi connectivity index (χ1) is 11.5. The van der Waals surface area contributed by atoms with Crippen molar-refractivity contribution in [2.45, 2.75) is 17.4 Å². The summed E-state index contributed by atoms with van der Waals surface area (Å²) in [4.78, 5) is -0.0512. The maximum atomic E-state index is 13.7. The molecular weight excluding hydrogens is 335 g/mol. The second kappa shape index (κ2) is 5.60. The van der Waals surface area contributed by atoms with Crippen LogP contribution in [-0.2, 0) is 10.0 Å². The third-order valence-electron chi connectivity index (χ3n) is 4.07. The summed E-state index contributed by atoms with van der Waals surface area (Å²) >= 11 is 0. The van der Waals surface area contributed by atoms with Crippen molar-refractivity contribution in [3.05, 3.63) is 42.5 Å². The first kappa shape index (κ1) is 15.2. The number of aromatic nitrogens is 2. The fourth-order valence-electron chi connectivity index (χ4n) is 2.89. The summed E-state index contributed by atoms with van der Waals surface area (Å²) in [5.41, 5.74) is -0.0829. The minimum absolute atomic E-state index is 0.0512. The molecule has 7 nitrogen and oxygen atoms in total. The van der Waals surface area contributed by atoms with Gasteiger partial charge in [0.2, 0.25) is 0 Å². The Kier molecular flexibility index (Phi) is 3.54. The minimum atomic E-state index is -3.90. The van der Waals surface area contributed by atoms with Crippen LogP contribution in [0.5, 0.6) is 0 Å². The van der Waals surface area contributed by atoms with Gasteiger partial charge >= 0.3 is 0 Å². The van der Waals surface area contributed by atoms with Gasteiger partial charge in [0.25, 0.3) is 10.0 Å². The van der Waals surface area contributed by atoms with E-state index in [1.807, 2.05) is 0 Å². The zero-order chi connectivity index (χ0) is 16.7. The fourth-order valence-corrected chi connectivity index (χ4v) is 4.08. The van der Waals surface area contributed by atoms with Crippen LogP contribution >= 0.6 is 0 Å².